The lowest BCUT2D eigenvalue weighted by atomic mass is 9.84. The summed E-state index contributed by atoms with van der Waals surface area (Å²) in [4.78, 5) is 0. The molecule has 2 rings (SSSR count). The number of hydrogen-bond acceptors (Lipinski definition) is 0. The summed E-state index contributed by atoms with van der Waals surface area (Å²) in [5.74, 6) is 0.702. The van der Waals surface area contributed by atoms with Gasteiger partial charge in [0, 0.05) is 0 Å². The third-order valence-corrected chi connectivity index (χ3v) is 4.24. The monoisotopic (exact) mass is 188 g/mol. The van der Waals surface area contributed by atoms with E-state index in [4.69, 9.17) is 0 Å². The van der Waals surface area contributed by atoms with E-state index in [0.29, 0.717) is 5.92 Å². The van der Waals surface area contributed by atoms with E-state index in [1.807, 2.05) is 0 Å². The van der Waals surface area contributed by atoms with Gasteiger partial charge in [-0.1, -0.05) is 23.6 Å². The third-order valence-electron chi connectivity index (χ3n) is 4.24. The third kappa shape index (κ3) is 1.13. The zero-order valence-corrected chi connectivity index (χ0v) is 9.99. The van der Waals surface area contributed by atoms with E-state index >= 15 is 0 Å². The van der Waals surface area contributed by atoms with Gasteiger partial charge in [0.1, 0.15) is 0 Å². The molecule has 0 heterocycles. The molecule has 0 radical (unpaired) electrons. The Morgan fingerprint density at radius 1 is 0.929 bits per heavy atom. The molecule has 1 unspecified atom stereocenters. The lowest BCUT2D eigenvalue weighted by Crippen LogP contribution is -2.04. The van der Waals surface area contributed by atoms with Crippen molar-refractivity contribution in [2.24, 2.45) is 5.92 Å². The molecule has 0 nitrogen and oxygen atoms in total. The van der Waals surface area contributed by atoms with Crippen LogP contribution in [0, 0.1) is 5.92 Å². The molecule has 0 bridgehead atoms. The molecule has 0 aromatic rings. The molecule has 0 saturated heterocycles. The molecule has 76 valence electrons. The molecule has 0 spiro atoms. The Kier molecular flexibility index (Phi) is 2.17. The highest BCUT2D eigenvalue weighted by Crippen LogP contribution is 2.46. The Hall–Kier alpha value is -0.780. The smallest absolute Gasteiger partial charge is 0.000894 e. The van der Waals surface area contributed by atoms with E-state index < -0.39 is 0 Å². The fourth-order valence-corrected chi connectivity index (χ4v) is 2.83. The van der Waals surface area contributed by atoms with Crippen molar-refractivity contribution in [2.45, 2.75) is 47.5 Å². The average molecular weight is 188 g/mol. The Morgan fingerprint density at radius 2 is 1.57 bits per heavy atom. The SMILES string of the molecule is CC1=C(C)C2=C(CC1)C(C)C(C)=C2C. The number of hydrogen-bond donors (Lipinski definition) is 0. The summed E-state index contributed by atoms with van der Waals surface area (Å²) in [7, 11) is 0. The molecule has 0 aliphatic heterocycles. The number of allylic oxidation sites excluding steroid dienone is 6. The van der Waals surface area contributed by atoms with Gasteiger partial charge in [-0.25, -0.2) is 0 Å². The van der Waals surface area contributed by atoms with Crippen LogP contribution in [0.5, 0.6) is 0 Å². The van der Waals surface area contributed by atoms with Crippen LogP contribution in [0.3, 0.4) is 0 Å². The summed E-state index contributed by atoms with van der Waals surface area (Å²) in [6.07, 6.45) is 2.56. The lowest BCUT2D eigenvalue weighted by Gasteiger charge is -2.21. The zero-order chi connectivity index (χ0) is 10.5. The normalized spacial score (nSPS) is 27.6. The quantitative estimate of drug-likeness (QED) is 0.528. The second-order valence-electron chi connectivity index (χ2n) is 4.84. The lowest BCUT2D eigenvalue weighted by molar-refractivity contribution is 0.731. The maximum absolute atomic E-state index is 2.36. The molecular weight excluding hydrogens is 168 g/mol. The first kappa shape index (κ1) is 9.76. The summed E-state index contributed by atoms with van der Waals surface area (Å²) in [5, 5.41) is 0. The molecule has 0 amide bonds. The van der Waals surface area contributed by atoms with Crippen LogP contribution in [-0.2, 0) is 0 Å². The topological polar surface area (TPSA) is 0 Å². The van der Waals surface area contributed by atoms with Crippen LogP contribution in [-0.4, -0.2) is 0 Å². The molecule has 0 fully saturated rings. The first-order valence-electron chi connectivity index (χ1n) is 5.61. The Labute approximate surface area is 87.4 Å². The largest absolute Gasteiger partial charge is 0.0695 e. The molecular formula is C14H20. The molecule has 0 saturated carbocycles. The summed E-state index contributed by atoms with van der Waals surface area (Å²) >= 11 is 0. The second kappa shape index (κ2) is 3.12. The molecule has 14 heavy (non-hydrogen) atoms. The van der Waals surface area contributed by atoms with Crippen molar-refractivity contribution in [3.8, 4) is 0 Å². The second-order valence-corrected chi connectivity index (χ2v) is 4.84. The maximum atomic E-state index is 2.36. The fraction of sp³-hybridized carbons (Fsp3) is 0.571. The van der Waals surface area contributed by atoms with Crippen molar-refractivity contribution < 1.29 is 0 Å². The van der Waals surface area contributed by atoms with Crippen LogP contribution in [0.4, 0.5) is 0 Å². The average Bonchev–Trinajstić information content (AvgIpc) is 2.38. The summed E-state index contributed by atoms with van der Waals surface area (Å²) in [6, 6.07) is 0. The van der Waals surface area contributed by atoms with Gasteiger partial charge in [-0.05, 0) is 63.2 Å². The van der Waals surface area contributed by atoms with Crippen molar-refractivity contribution >= 4 is 0 Å². The van der Waals surface area contributed by atoms with Gasteiger partial charge in [0.05, 0.1) is 0 Å². The van der Waals surface area contributed by atoms with Crippen LogP contribution < -0.4 is 0 Å². The van der Waals surface area contributed by atoms with Gasteiger partial charge in [-0.2, -0.15) is 0 Å². The van der Waals surface area contributed by atoms with Crippen molar-refractivity contribution in [1.29, 1.82) is 0 Å². The highest BCUT2D eigenvalue weighted by atomic mass is 14.3. The standard InChI is InChI=1S/C14H20/c1-8-6-7-13-11(4)10(3)12(5)14(13)9(8)2/h11H,6-7H2,1-5H3. The molecule has 0 heteroatoms. The maximum Gasteiger partial charge on any atom is -0.000894 e. The van der Waals surface area contributed by atoms with Gasteiger partial charge in [0.25, 0.3) is 0 Å². The van der Waals surface area contributed by atoms with Crippen LogP contribution in [0.25, 0.3) is 0 Å². The highest BCUT2D eigenvalue weighted by Gasteiger charge is 2.29. The van der Waals surface area contributed by atoms with Gasteiger partial charge in [0.2, 0.25) is 0 Å². The van der Waals surface area contributed by atoms with Crippen molar-refractivity contribution in [1.82, 2.24) is 0 Å². The molecule has 0 aromatic heterocycles. The fourth-order valence-electron chi connectivity index (χ4n) is 2.83. The predicted molar refractivity (Wildman–Crippen MR) is 62.2 cm³/mol. The van der Waals surface area contributed by atoms with Gasteiger partial charge in [-0.15, -0.1) is 0 Å². The number of rotatable bonds is 0. The zero-order valence-electron chi connectivity index (χ0n) is 9.99. The summed E-state index contributed by atoms with van der Waals surface area (Å²) < 4.78 is 0. The van der Waals surface area contributed by atoms with E-state index in [0.717, 1.165) is 0 Å². The summed E-state index contributed by atoms with van der Waals surface area (Å²) in [6.45, 7) is 11.5. The summed E-state index contributed by atoms with van der Waals surface area (Å²) in [5.41, 5.74) is 9.56. The van der Waals surface area contributed by atoms with E-state index in [1.165, 1.54) is 12.8 Å². The van der Waals surface area contributed by atoms with Gasteiger partial charge in [0.15, 0.2) is 0 Å². The minimum Gasteiger partial charge on any atom is -0.0695 e. The van der Waals surface area contributed by atoms with Crippen molar-refractivity contribution in [3.05, 3.63) is 33.4 Å². The minimum atomic E-state index is 0.702. The molecule has 0 N–H and O–H groups in total. The molecule has 0 aromatic carbocycles. The van der Waals surface area contributed by atoms with Crippen LogP contribution in [0.2, 0.25) is 0 Å². The Morgan fingerprint density at radius 3 is 2.21 bits per heavy atom. The van der Waals surface area contributed by atoms with Crippen LogP contribution >= 0.6 is 0 Å². The first-order chi connectivity index (χ1) is 6.54. The molecule has 1 atom stereocenters. The molecule has 2 aliphatic carbocycles. The van der Waals surface area contributed by atoms with Gasteiger partial charge in [-0.3, -0.25) is 0 Å². The van der Waals surface area contributed by atoms with Crippen LogP contribution in [0.15, 0.2) is 33.4 Å². The van der Waals surface area contributed by atoms with Crippen LogP contribution in [0.1, 0.15) is 47.5 Å². The molecule has 2 aliphatic rings. The van der Waals surface area contributed by atoms with Crippen molar-refractivity contribution in [2.75, 3.05) is 0 Å². The Balaban J connectivity index is 2.56. The van der Waals surface area contributed by atoms with E-state index in [-0.39, 0.29) is 0 Å². The van der Waals surface area contributed by atoms with E-state index in [1.54, 1.807) is 33.4 Å². The van der Waals surface area contributed by atoms with E-state index in [9.17, 15) is 0 Å². The van der Waals surface area contributed by atoms with Gasteiger partial charge >= 0.3 is 0 Å². The highest BCUT2D eigenvalue weighted by molar-refractivity contribution is 5.59. The minimum absolute atomic E-state index is 0.702. The first-order valence-corrected chi connectivity index (χ1v) is 5.61. The van der Waals surface area contributed by atoms with Crippen molar-refractivity contribution in [3.63, 3.8) is 0 Å². The van der Waals surface area contributed by atoms with Gasteiger partial charge < -0.3 is 0 Å². The van der Waals surface area contributed by atoms with E-state index in [2.05, 4.69) is 34.6 Å². The Bertz CT molecular complexity index is 355. The predicted octanol–water partition coefficient (Wildman–Crippen LogP) is 4.40.